The van der Waals surface area contributed by atoms with Crippen LogP contribution in [0.3, 0.4) is 0 Å². The first-order valence-corrected chi connectivity index (χ1v) is 13.8. The minimum Gasteiger partial charge on any atom is -0.495 e. The van der Waals surface area contributed by atoms with Crippen LogP contribution in [0.1, 0.15) is 62.2 Å². The van der Waals surface area contributed by atoms with Crippen molar-refractivity contribution >= 4 is 35.0 Å². The summed E-state index contributed by atoms with van der Waals surface area (Å²) in [7, 11) is 3.37. The standard InChI is InChI=1S/C28H39N7O3/c1-4-34-14-11-20(12-15-34)30-27(37)19-9-10-22(24(17-19)38-3)31-28-29-18-23-26(32-28)35(21-7-5-6-8-21)16-13-25(36)33(23)2/h9-10,17-18,20-21H,4-8,11-16H2,1-3H3,(H,30,37)(H,29,31,32). The summed E-state index contributed by atoms with van der Waals surface area (Å²) in [6, 6.07) is 5.95. The molecule has 0 atom stereocenters. The van der Waals surface area contributed by atoms with E-state index in [2.05, 4.69) is 32.3 Å². The van der Waals surface area contributed by atoms with E-state index in [4.69, 9.17) is 9.72 Å². The summed E-state index contributed by atoms with van der Waals surface area (Å²) < 4.78 is 5.63. The molecular formula is C28H39N7O3. The van der Waals surface area contributed by atoms with Gasteiger partial charge in [-0.05, 0) is 50.4 Å². The molecule has 204 valence electrons. The van der Waals surface area contributed by atoms with E-state index in [1.54, 1.807) is 37.4 Å². The van der Waals surface area contributed by atoms with Crippen LogP contribution in [0.2, 0.25) is 0 Å². The smallest absolute Gasteiger partial charge is 0.251 e. The van der Waals surface area contributed by atoms with Gasteiger partial charge in [0.1, 0.15) is 11.4 Å². The normalized spacial score (nSPS) is 19.3. The number of amides is 2. The van der Waals surface area contributed by atoms with Crippen LogP contribution in [0.5, 0.6) is 5.75 Å². The number of carbonyl (C=O) groups excluding carboxylic acids is 2. The Hall–Kier alpha value is -3.40. The van der Waals surface area contributed by atoms with Crippen LogP contribution < -0.4 is 25.2 Å². The highest BCUT2D eigenvalue weighted by atomic mass is 16.5. The van der Waals surface area contributed by atoms with Crippen LogP contribution in [0, 0.1) is 0 Å². The zero-order valence-electron chi connectivity index (χ0n) is 22.7. The molecule has 10 nitrogen and oxygen atoms in total. The maximum Gasteiger partial charge on any atom is 0.251 e. The molecule has 1 saturated carbocycles. The summed E-state index contributed by atoms with van der Waals surface area (Å²) in [5.74, 6) is 1.73. The van der Waals surface area contributed by atoms with E-state index >= 15 is 0 Å². The predicted octanol–water partition coefficient (Wildman–Crippen LogP) is 3.56. The number of likely N-dealkylation sites (tertiary alicyclic amines) is 1. The lowest BCUT2D eigenvalue weighted by Gasteiger charge is -2.31. The Balaban J connectivity index is 1.34. The van der Waals surface area contributed by atoms with Crippen molar-refractivity contribution in [2.45, 2.75) is 64.0 Å². The summed E-state index contributed by atoms with van der Waals surface area (Å²) in [5.41, 5.74) is 1.96. The number of hydrogen-bond donors (Lipinski definition) is 2. The highest BCUT2D eigenvalue weighted by molar-refractivity contribution is 5.97. The molecule has 3 aliphatic rings. The van der Waals surface area contributed by atoms with Crippen LogP contribution in [0.15, 0.2) is 24.4 Å². The molecule has 1 aromatic heterocycles. The lowest BCUT2D eigenvalue weighted by molar-refractivity contribution is -0.118. The van der Waals surface area contributed by atoms with Gasteiger partial charge in [0.2, 0.25) is 11.9 Å². The minimum atomic E-state index is -0.0917. The van der Waals surface area contributed by atoms with Gasteiger partial charge in [-0.3, -0.25) is 9.59 Å². The molecule has 1 aromatic carbocycles. The fourth-order valence-corrected chi connectivity index (χ4v) is 5.79. The fraction of sp³-hybridized carbons (Fsp3) is 0.571. The number of anilines is 4. The second-order valence-corrected chi connectivity index (χ2v) is 10.5. The van der Waals surface area contributed by atoms with Crippen molar-refractivity contribution in [2.24, 2.45) is 0 Å². The van der Waals surface area contributed by atoms with Gasteiger partial charge in [0.25, 0.3) is 5.91 Å². The van der Waals surface area contributed by atoms with Crippen molar-refractivity contribution in [3.05, 3.63) is 30.0 Å². The number of fused-ring (bicyclic) bond motifs is 1. The highest BCUT2D eigenvalue weighted by Crippen LogP contribution is 2.37. The van der Waals surface area contributed by atoms with E-state index in [1.165, 1.54) is 12.8 Å². The maximum absolute atomic E-state index is 13.0. The lowest BCUT2D eigenvalue weighted by Crippen LogP contribution is -2.44. The minimum absolute atomic E-state index is 0.0718. The molecule has 2 aromatic rings. The first-order valence-electron chi connectivity index (χ1n) is 13.8. The van der Waals surface area contributed by atoms with Crippen molar-refractivity contribution in [1.29, 1.82) is 0 Å². The molecule has 1 aliphatic carbocycles. The van der Waals surface area contributed by atoms with Crippen LogP contribution in [-0.4, -0.2) is 79.1 Å². The molecule has 1 saturated heterocycles. The average molecular weight is 522 g/mol. The SMILES string of the molecule is CCN1CCC(NC(=O)c2ccc(Nc3ncc4c(n3)N(C3CCCC3)CCC(=O)N4C)c(OC)c2)CC1. The quantitative estimate of drug-likeness (QED) is 0.570. The van der Waals surface area contributed by atoms with E-state index in [0.717, 1.165) is 56.8 Å². The fourth-order valence-electron chi connectivity index (χ4n) is 5.79. The molecule has 0 bridgehead atoms. The largest absolute Gasteiger partial charge is 0.495 e. The van der Waals surface area contributed by atoms with Gasteiger partial charge in [-0.2, -0.15) is 4.98 Å². The summed E-state index contributed by atoms with van der Waals surface area (Å²) in [5, 5.41) is 6.45. The van der Waals surface area contributed by atoms with Crippen LogP contribution in [0.4, 0.5) is 23.1 Å². The molecule has 2 amide bonds. The number of aromatic nitrogens is 2. The Kier molecular flexibility index (Phi) is 7.97. The third kappa shape index (κ3) is 5.55. The van der Waals surface area contributed by atoms with E-state index in [1.807, 2.05) is 6.07 Å². The van der Waals surface area contributed by atoms with Crippen molar-refractivity contribution in [1.82, 2.24) is 20.2 Å². The molecule has 10 heteroatoms. The molecule has 3 heterocycles. The Morgan fingerprint density at radius 2 is 1.89 bits per heavy atom. The van der Waals surface area contributed by atoms with Gasteiger partial charge in [-0.15, -0.1) is 0 Å². The molecule has 2 fully saturated rings. The monoisotopic (exact) mass is 521 g/mol. The van der Waals surface area contributed by atoms with Crippen LogP contribution >= 0.6 is 0 Å². The van der Waals surface area contributed by atoms with Crippen molar-refractivity contribution in [3.63, 3.8) is 0 Å². The molecule has 5 rings (SSSR count). The molecule has 0 radical (unpaired) electrons. The zero-order chi connectivity index (χ0) is 26.6. The molecule has 0 unspecified atom stereocenters. The number of hydrogen-bond acceptors (Lipinski definition) is 8. The van der Waals surface area contributed by atoms with Gasteiger partial charge in [-0.25, -0.2) is 4.98 Å². The number of nitrogens with zero attached hydrogens (tertiary/aromatic N) is 5. The first-order chi connectivity index (χ1) is 18.5. The highest BCUT2D eigenvalue weighted by Gasteiger charge is 2.32. The number of benzene rings is 1. The third-order valence-electron chi connectivity index (χ3n) is 8.17. The molecular weight excluding hydrogens is 482 g/mol. The van der Waals surface area contributed by atoms with Crippen LogP contribution in [0.25, 0.3) is 0 Å². The van der Waals surface area contributed by atoms with E-state index < -0.39 is 0 Å². The number of methoxy groups -OCH3 is 1. The Morgan fingerprint density at radius 1 is 1.13 bits per heavy atom. The number of nitrogens with one attached hydrogen (secondary N) is 2. The summed E-state index contributed by atoms with van der Waals surface area (Å²) >= 11 is 0. The lowest BCUT2D eigenvalue weighted by atomic mass is 10.0. The zero-order valence-corrected chi connectivity index (χ0v) is 22.7. The second kappa shape index (κ2) is 11.6. The summed E-state index contributed by atoms with van der Waals surface area (Å²) in [6.07, 6.45) is 8.72. The van der Waals surface area contributed by atoms with Crippen LogP contribution in [-0.2, 0) is 4.79 Å². The topological polar surface area (TPSA) is 103 Å². The number of carbonyl (C=O) groups is 2. The van der Waals surface area contributed by atoms with E-state index in [0.29, 0.717) is 42.0 Å². The van der Waals surface area contributed by atoms with E-state index in [-0.39, 0.29) is 17.9 Å². The number of rotatable bonds is 7. The van der Waals surface area contributed by atoms with Gasteiger partial charge in [0.15, 0.2) is 5.82 Å². The maximum atomic E-state index is 13.0. The van der Waals surface area contributed by atoms with Gasteiger partial charge in [0.05, 0.1) is 19.0 Å². The molecule has 38 heavy (non-hydrogen) atoms. The molecule has 0 spiro atoms. The van der Waals surface area contributed by atoms with Gasteiger partial charge >= 0.3 is 0 Å². The number of piperidine rings is 1. The molecule has 2 N–H and O–H groups in total. The Labute approximate surface area is 224 Å². The van der Waals surface area contributed by atoms with Crippen molar-refractivity contribution < 1.29 is 14.3 Å². The first kappa shape index (κ1) is 26.2. The summed E-state index contributed by atoms with van der Waals surface area (Å²) in [4.78, 5) is 41.3. The van der Waals surface area contributed by atoms with E-state index in [9.17, 15) is 9.59 Å². The second-order valence-electron chi connectivity index (χ2n) is 10.5. The Morgan fingerprint density at radius 3 is 2.61 bits per heavy atom. The average Bonchev–Trinajstić information content (AvgIpc) is 3.44. The van der Waals surface area contributed by atoms with Crippen molar-refractivity contribution in [2.75, 3.05) is 55.5 Å². The van der Waals surface area contributed by atoms with Gasteiger partial charge < -0.3 is 30.1 Å². The third-order valence-corrected chi connectivity index (χ3v) is 8.17. The number of ether oxygens (including phenoxy) is 1. The van der Waals surface area contributed by atoms with Gasteiger partial charge in [0, 0.05) is 50.7 Å². The van der Waals surface area contributed by atoms with Crippen molar-refractivity contribution in [3.8, 4) is 5.75 Å². The molecule has 2 aliphatic heterocycles. The Bertz CT molecular complexity index is 1160. The van der Waals surface area contributed by atoms with Gasteiger partial charge in [-0.1, -0.05) is 19.8 Å². The predicted molar refractivity (Wildman–Crippen MR) is 149 cm³/mol. The summed E-state index contributed by atoms with van der Waals surface area (Å²) in [6.45, 7) is 5.89.